The SMILES string of the molecule is N=Cc1cc(-n2ccc(OCc3ccccc3)cc2=O)ccc1NCCN1CCCCC1. The number of nitrogens with zero attached hydrogens (tertiary/aromatic N) is 2. The van der Waals surface area contributed by atoms with Gasteiger partial charge in [0.15, 0.2) is 0 Å². The number of piperidine rings is 1. The van der Waals surface area contributed by atoms with E-state index in [1.165, 1.54) is 44.6 Å². The zero-order chi connectivity index (χ0) is 22.2. The van der Waals surface area contributed by atoms with Crippen LogP contribution in [0.3, 0.4) is 0 Å². The van der Waals surface area contributed by atoms with Gasteiger partial charge < -0.3 is 20.4 Å². The van der Waals surface area contributed by atoms with E-state index in [2.05, 4.69) is 10.2 Å². The van der Waals surface area contributed by atoms with Crippen molar-refractivity contribution in [3.8, 4) is 11.4 Å². The van der Waals surface area contributed by atoms with E-state index in [4.69, 9.17) is 10.1 Å². The summed E-state index contributed by atoms with van der Waals surface area (Å²) in [6, 6.07) is 18.9. The Kier molecular flexibility index (Phi) is 7.35. The fourth-order valence-electron chi connectivity index (χ4n) is 4.02. The first-order valence-corrected chi connectivity index (χ1v) is 11.2. The molecule has 6 heteroatoms. The van der Waals surface area contributed by atoms with Gasteiger partial charge in [-0.25, -0.2) is 0 Å². The zero-order valence-corrected chi connectivity index (χ0v) is 18.3. The predicted molar refractivity (Wildman–Crippen MR) is 129 cm³/mol. The molecule has 166 valence electrons. The third-order valence-corrected chi connectivity index (χ3v) is 5.80. The fourth-order valence-corrected chi connectivity index (χ4v) is 4.02. The highest BCUT2D eigenvalue weighted by atomic mass is 16.5. The summed E-state index contributed by atoms with van der Waals surface area (Å²) in [4.78, 5) is 15.2. The third-order valence-electron chi connectivity index (χ3n) is 5.80. The van der Waals surface area contributed by atoms with E-state index in [0.717, 1.165) is 35.6 Å². The number of benzene rings is 2. The van der Waals surface area contributed by atoms with Crippen LogP contribution >= 0.6 is 0 Å². The molecule has 4 rings (SSSR count). The number of hydrogen-bond acceptors (Lipinski definition) is 5. The molecule has 0 spiro atoms. The van der Waals surface area contributed by atoms with Crippen LogP contribution in [0.5, 0.6) is 5.75 Å². The molecule has 1 fully saturated rings. The van der Waals surface area contributed by atoms with Crippen LogP contribution < -0.4 is 15.6 Å². The minimum Gasteiger partial charge on any atom is -0.489 e. The number of aromatic nitrogens is 1. The highest BCUT2D eigenvalue weighted by molar-refractivity contribution is 5.86. The van der Waals surface area contributed by atoms with E-state index in [1.54, 1.807) is 16.8 Å². The van der Waals surface area contributed by atoms with Gasteiger partial charge >= 0.3 is 0 Å². The van der Waals surface area contributed by atoms with Gasteiger partial charge in [0.1, 0.15) is 12.4 Å². The molecule has 0 radical (unpaired) electrons. The van der Waals surface area contributed by atoms with E-state index >= 15 is 0 Å². The molecule has 2 heterocycles. The Labute approximate surface area is 189 Å². The quantitative estimate of drug-likeness (QED) is 0.496. The van der Waals surface area contributed by atoms with Crippen LogP contribution in [0.25, 0.3) is 5.69 Å². The normalized spacial score (nSPS) is 14.1. The molecule has 3 aromatic rings. The van der Waals surface area contributed by atoms with Crippen LogP contribution in [0.1, 0.15) is 30.4 Å². The number of anilines is 1. The van der Waals surface area contributed by atoms with Crippen molar-refractivity contribution < 1.29 is 4.74 Å². The van der Waals surface area contributed by atoms with Gasteiger partial charge in [-0.2, -0.15) is 0 Å². The molecule has 32 heavy (non-hydrogen) atoms. The number of likely N-dealkylation sites (tertiary alicyclic amines) is 1. The summed E-state index contributed by atoms with van der Waals surface area (Å²) in [7, 11) is 0. The van der Waals surface area contributed by atoms with E-state index in [-0.39, 0.29) is 5.56 Å². The van der Waals surface area contributed by atoms with E-state index < -0.39 is 0 Å². The number of hydrogen-bond donors (Lipinski definition) is 2. The summed E-state index contributed by atoms with van der Waals surface area (Å²) < 4.78 is 7.33. The minimum absolute atomic E-state index is 0.169. The van der Waals surface area contributed by atoms with Gasteiger partial charge in [0.25, 0.3) is 5.56 Å². The molecule has 1 aliphatic heterocycles. The fraction of sp³-hybridized carbons (Fsp3) is 0.308. The second-order valence-corrected chi connectivity index (χ2v) is 8.09. The Morgan fingerprint density at radius 1 is 1.00 bits per heavy atom. The molecule has 2 N–H and O–H groups in total. The van der Waals surface area contributed by atoms with Crippen molar-refractivity contribution >= 4 is 11.9 Å². The number of ether oxygens (including phenoxy) is 1. The molecular weight excluding hydrogens is 400 g/mol. The largest absolute Gasteiger partial charge is 0.489 e. The van der Waals surface area contributed by atoms with Crippen molar-refractivity contribution in [3.63, 3.8) is 0 Å². The molecule has 0 aliphatic carbocycles. The zero-order valence-electron chi connectivity index (χ0n) is 18.3. The smallest absolute Gasteiger partial charge is 0.258 e. The first-order valence-electron chi connectivity index (χ1n) is 11.2. The molecule has 0 atom stereocenters. The molecule has 0 saturated carbocycles. The maximum absolute atomic E-state index is 12.7. The van der Waals surface area contributed by atoms with Crippen LogP contribution in [0.15, 0.2) is 71.7 Å². The predicted octanol–water partition coefficient (Wildman–Crippen LogP) is 4.31. The molecule has 1 saturated heterocycles. The summed E-state index contributed by atoms with van der Waals surface area (Å²) in [5.41, 5.74) is 3.28. The molecule has 0 bridgehead atoms. The minimum atomic E-state index is -0.169. The summed E-state index contributed by atoms with van der Waals surface area (Å²) in [5, 5.41) is 11.3. The summed E-state index contributed by atoms with van der Waals surface area (Å²) in [6.07, 6.45) is 6.95. The van der Waals surface area contributed by atoms with Gasteiger partial charge in [-0.05, 0) is 55.8 Å². The van der Waals surface area contributed by atoms with Gasteiger partial charge in [0.05, 0.1) is 0 Å². The van der Waals surface area contributed by atoms with Crippen LogP contribution in [0.2, 0.25) is 0 Å². The third kappa shape index (κ3) is 5.65. The molecule has 1 aromatic heterocycles. The van der Waals surface area contributed by atoms with E-state index in [1.807, 2.05) is 48.5 Å². The number of rotatable bonds is 9. The van der Waals surface area contributed by atoms with Crippen LogP contribution in [0, 0.1) is 5.41 Å². The van der Waals surface area contributed by atoms with E-state index in [9.17, 15) is 4.79 Å². The summed E-state index contributed by atoms with van der Waals surface area (Å²) >= 11 is 0. The lowest BCUT2D eigenvalue weighted by Gasteiger charge is -2.26. The Balaban J connectivity index is 1.41. The molecular formula is C26H30N4O2. The average molecular weight is 431 g/mol. The van der Waals surface area contributed by atoms with Gasteiger partial charge in [-0.15, -0.1) is 0 Å². The topological polar surface area (TPSA) is 70.3 Å². The molecule has 1 aliphatic rings. The van der Waals surface area contributed by atoms with Crippen LogP contribution in [-0.4, -0.2) is 41.9 Å². The van der Waals surface area contributed by atoms with E-state index in [0.29, 0.717) is 12.4 Å². The maximum Gasteiger partial charge on any atom is 0.258 e. The average Bonchev–Trinajstić information content (AvgIpc) is 2.84. The highest BCUT2D eigenvalue weighted by Gasteiger charge is 2.10. The van der Waals surface area contributed by atoms with Crippen molar-refractivity contribution in [2.45, 2.75) is 25.9 Å². The van der Waals surface area contributed by atoms with Crippen molar-refractivity contribution in [1.82, 2.24) is 9.47 Å². The number of pyridine rings is 1. The highest BCUT2D eigenvalue weighted by Crippen LogP contribution is 2.19. The van der Waals surface area contributed by atoms with Gasteiger partial charge in [-0.1, -0.05) is 36.8 Å². The number of nitrogens with one attached hydrogen (secondary N) is 2. The van der Waals surface area contributed by atoms with Crippen molar-refractivity contribution in [1.29, 1.82) is 5.41 Å². The first kappa shape index (κ1) is 21.8. The Morgan fingerprint density at radius 3 is 2.56 bits per heavy atom. The Hall–Kier alpha value is -3.38. The molecule has 6 nitrogen and oxygen atoms in total. The molecule has 0 amide bonds. The van der Waals surface area contributed by atoms with Crippen molar-refractivity contribution in [3.05, 3.63) is 88.3 Å². The monoisotopic (exact) mass is 430 g/mol. The van der Waals surface area contributed by atoms with Crippen molar-refractivity contribution in [2.75, 3.05) is 31.5 Å². The summed E-state index contributed by atoms with van der Waals surface area (Å²) in [6.45, 7) is 4.61. The lowest BCUT2D eigenvalue weighted by Crippen LogP contribution is -2.33. The van der Waals surface area contributed by atoms with Gasteiger partial charge in [-0.3, -0.25) is 9.36 Å². The Morgan fingerprint density at radius 2 is 1.81 bits per heavy atom. The molecule has 0 unspecified atom stereocenters. The maximum atomic E-state index is 12.7. The molecule has 2 aromatic carbocycles. The standard InChI is InChI=1S/C26H30N4O2/c27-19-22-17-23(9-10-25(22)28-12-16-29-13-5-2-6-14-29)30-15-11-24(18-26(30)31)32-20-21-7-3-1-4-8-21/h1,3-4,7-11,15,17-19,27-28H,2,5-6,12-14,16,20H2. The lowest BCUT2D eigenvalue weighted by atomic mass is 10.1. The second kappa shape index (κ2) is 10.8. The van der Waals surface area contributed by atoms with Crippen LogP contribution in [-0.2, 0) is 6.61 Å². The first-order chi connectivity index (χ1) is 15.7. The Bertz CT molecular complexity index is 1090. The summed E-state index contributed by atoms with van der Waals surface area (Å²) in [5.74, 6) is 0.540. The van der Waals surface area contributed by atoms with Gasteiger partial charge in [0.2, 0.25) is 0 Å². The lowest BCUT2D eigenvalue weighted by molar-refractivity contribution is 0.237. The second-order valence-electron chi connectivity index (χ2n) is 8.09. The van der Waals surface area contributed by atoms with Crippen molar-refractivity contribution in [2.24, 2.45) is 0 Å². The van der Waals surface area contributed by atoms with Crippen LogP contribution in [0.4, 0.5) is 5.69 Å². The van der Waals surface area contributed by atoms with Gasteiger partial charge in [0, 0.05) is 48.5 Å².